The van der Waals surface area contributed by atoms with Crippen LogP contribution in [0.5, 0.6) is 5.88 Å². The average Bonchev–Trinajstić information content (AvgIpc) is 3.53. The van der Waals surface area contributed by atoms with Gasteiger partial charge in [0.2, 0.25) is 15.9 Å². The second-order valence-electron chi connectivity index (χ2n) is 8.58. The number of halogens is 3. The molecule has 0 radical (unpaired) electrons. The van der Waals surface area contributed by atoms with E-state index in [2.05, 4.69) is 15.1 Å². The number of alkyl halides is 3. The Labute approximate surface area is 184 Å². The molecule has 7 nitrogen and oxygen atoms in total. The van der Waals surface area contributed by atoms with Gasteiger partial charge in [0.25, 0.3) is 0 Å². The quantitative estimate of drug-likeness (QED) is 0.672. The van der Waals surface area contributed by atoms with Crippen LogP contribution in [-0.2, 0) is 16.2 Å². The van der Waals surface area contributed by atoms with E-state index in [1.54, 1.807) is 0 Å². The number of rotatable bonds is 5. The maximum absolute atomic E-state index is 13.0. The predicted molar refractivity (Wildman–Crippen MR) is 109 cm³/mol. The molecule has 0 bridgehead atoms. The fraction of sp³-hybridized carbons (Fsp3) is 0.524. The number of aromatic nitrogens is 2. The van der Waals surface area contributed by atoms with Crippen molar-refractivity contribution in [3.8, 4) is 5.88 Å². The number of nitrogens with zero attached hydrogens (tertiary/aromatic N) is 4. The van der Waals surface area contributed by atoms with E-state index < -0.39 is 21.8 Å². The van der Waals surface area contributed by atoms with Gasteiger partial charge in [0.15, 0.2) is 0 Å². The van der Waals surface area contributed by atoms with E-state index in [0.717, 1.165) is 30.7 Å². The molecule has 3 aliphatic rings. The van der Waals surface area contributed by atoms with Gasteiger partial charge in [0.1, 0.15) is 6.10 Å². The van der Waals surface area contributed by atoms with E-state index in [4.69, 9.17) is 4.74 Å². The molecule has 172 valence electrons. The van der Waals surface area contributed by atoms with Crippen molar-refractivity contribution in [3.63, 3.8) is 0 Å². The second-order valence-corrected chi connectivity index (χ2v) is 10.5. The van der Waals surface area contributed by atoms with Gasteiger partial charge in [-0.3, -0.25) is 4.90 Å². The van der Waals surface area contributed by atoms with Gasteiger partial charge in [0, 0.05) is 50.6 Å². The van der Waals surface area contributed by atoms with Crippen LogP contribution in [-0.4, -0.2) is 66.1 Å². The lowest BCUT2D eigenvalue weighted by molar-refractivity contribution is -0.137. The highest BCUT2D eigenvalue weighted by atomic mass is 32.2. The molecule has 1 aliphatic carbocycles. The molecule has 0 spiro atoms. The normalized spacial score (nSPS) is 25.0. The highest BCUT2D eigenvalue weighted by Crippen LogP contribution is 2.39. The molecular weight excluding hydrogens is 445 g/mol. The molecule has 2 atom stereocenters. The molecule has 0 amide bonds. The Morgan fingerprint density at radius 3 is 2.53 bits per heavy atom. The van der Waals surface area contributed by atoms with E-state index >= 15 is 0 Å². The maximum Gasteiger partial charge on any atom is 0.416 e. The molecule has 0 unspecified atom stereocenters. The van der Waals surface area contributed by atoms with Gasteiger partial charge in [-0.2, -0.15) is 22.6 Å². The molecule has 0 N–H and O–H groups in total. The third-order valence-electron chi connectivity index (χ3n) is 6.28. The zero-order valence-electron chi connectivity index (χ0n) is 17.2. The summed E-state index contributed by atoms with van der Waals surface area (Å²) < 4.78 is 72.3. The maximum atomic E-state index is 13.0. The number of fused-ring (bicyclic) bond motifs is 1. The summed E-state index contributed by atoms with van der Waals surface area (Å²) in [4.78, 5) is 1.83. The molecule has 32 heavy (non-hydrogen) atoms. The Bertz CT molecular complexity index is 1090. The van der Waals surface area contributed by atoms with E-state index in [9.17, 15) is 21.6 Å². The first-order chi connectivity index (χ1) is 15.2. The first kappa shape index (κ1) is 21.6. The van der Waals surface area contributed by atoms with Gasteiger partial charge >= 0.3 is 6.18 Å². The molecule has 11 heteroatoms. The van der Waals surface area contributed by atoms with Crippen molar-refractivity contribution in [1.82, 2.24) is 19.4 Å². The van der Waals surface area contributed by atoms with Gasteiger partial charge in [-0.1, -0.05) is 6.07 Å². The number of ether oxygens (including phenoxy) is 1. The second kappa shape index (κ2) is 7.96. The van der Waals surface area contributed by atoms with Crippen LogP contribution < -0.4 is 4.74 Å². The number of benzene rings is 1. The molecule has 2 saturated heterocycles. The topological polar surface area (TPSA) is 75.6 Å². The van der Waals surface area contributed by atoms with Crippen molar-refractivity contribution in [1.29, 1.82) is 0 Å². The minimum Gasteiger partial charge on any atom is -0.472 e. The highest BCUT2D eigenvalue weighted by Gasteiger charge is 2.41. The van der Waals surface area contributed by atoms with Crippen LogP contribution in [0.1, 0.15) is 36.4 Å². The summed E-state index contributed by atoms with van der Waals surface area (Å²) in [5, 5.41) is 8.37. The van der Waals surface area contributed by atoms with Crippen molar-refractivity contribution in [2.75, 3.05) is 26.2 Å². The minimum absolute atomic E-state index is 0.0620. The molecule has 3 fully saturated rings. The molecule has 1 saturated carbocycles. The molecule has 1 aromatic heterocycles. The summed E-state index contributed by atoms with van der Waals surface area (Å²) in [5.41, 5.74) is 0.0111. The average molecular weight is 469 g/mol. The van der Waals surface area contributed by atoms with Crippen molar-refractivity contribution in [2.45, 2.75) is 48.4 Å². The summed E-state index contributed by atoms with van der Waals surface area (Å²) in [7, 11) is -4.02. The van der Waals surface area contributed by atoms with Crippen molar-refractivity contribution in [3.05, 3.63) is 47.7 Å². The SMILES string of the molecule is O=S(=O)(c1cccc(C(F)(F)F)c1)N1CCN2C[C@H](Oc3ccc(C4CC4)nn3)C[C@H]2C1. The first-order valence-corrected chi connectivity index (χ1v) is 12.1. The number of piperazine rings is 1. The molecular formula is C21H23F3N4O3S. The van der Waals surface area contributed by atoms with Gasteiger partial charge in [0.05, 0.1) is 16.2 Å². The third-order valence-corrected chi connectivity index (χ3v) is 8.14. The van der Waals surface area contributed by atoms with Crippen LogP contribution in [0.3, 0.4) is 0 Å². The van der Waals surface area contributed by atoms with Gasteiger partial charge in [-0.25, -0.2) is 8.42 Å². The summed E-state index contributed by atoms with van der Waals surface area (Å²) in [6.45, 7) is 1.58. The van der Waals surface area contributed by atoms with E-state index in [1.807, 2.05) is 12.1 Å². The van der Waals surface area contributed by atoms with Crippen LogP contribution in [0.15, 0.2) is 41.3 Å². The minimum atomic E-state index is -4.60. The smallest absolute Gasteiger partial charge is 0.416 e. The zero-order chi connectivity index (χ0) is 22.5. The summed E-state index contributed by atoms with van der Waals surface area (Å²) >= 11 is 0. The zero-order valence-corrected chi connectivity index (χ0v) is 18.0. The molecule has 2 aliphatic heterocycles. The monoisotopic (exact) mass is 468 g/mol. The fourth-order valence-corrected chi connectivity index (χ4v) is 5.93. The van der Waals surface area contributed by atoms with Crippen molar-refractivity contribution < 1.29 is 26.3 Å². The lowest BCUT2D eigenvalue weighted by Gasteiger charge is -2.36. The number of hydrogen-bond donors (Lipinski definition) is 0. The number of sulfonamides is 1. The standard InChI is InChI=1S/C21H23F3N4O3S/c22-21(23,24)15-2-1-3-18(10-15)32(29,30)28-9-8-27-13-17(11-16(27)12-28)31-20-7-6-19(25-26-20)14-4-5-14/h1-3,6-7,10,14,16-17H,4-5,8-9,11-13H2/t16-,17+/m0/s1. The molecule has 5 rings (SSSR count). The summed E-state index contributed by atoms with van der Waals surface area (Å²) in [6, 6.07) is 7.60. The van der Waals surface area contributed by atoms with E-state index in [-0.39, 0.29) is 30.1 Å². The highest BCUT2D eigenvalue weighted by molar-refractivity contribution is 7.89. The third kappa shape index (κ3) is 4.33. The fourth-order valence-electron chi connectivity index (χ4n) is 4.41. The van der Waals surface area contributed by atoms with Crippen molar-refractivity contribution >= 4 is 10.0 Å². The van der Waals surface area contributed by atoms with Gasteiger partial charge in [-0.15, -0.1) is 5.10 Å². The van der Waals surface area contributed by atoms with E-state index in [1.165, 1.54) is 10.4 Å². The first-order valence-electron chi connectivity index (χ1n) is 10.6. The Morgan fingerprint density at radius 2 is 1.84 bits per heavy atom. The van der Waals surface area contributed by atoms with Crippen LogP contribution >= 0.6 is 0 Å². The van der Waals surface area contributed by atoms with E-state index in [0.29, 0.717) is 37.4 Å². The summed E-state index contributed by atoms with van der Waals surface area (Å²) in [5.74, 6) is 0.967. The largest absolute Gasteiger partial charge is 0.472 e. The van der Waals surface area contributed by atoms with Crippen LogP contribution in [0.2, 0.25) is 0 Å². The lowest BCUT2D eigenvalue weighted by atomic mass is 10.2. The number of hydrogen-bond acceptors (Lipinski definition) is 6. The Hall–Kier alpha value is -2.24. The van der Waals surface area contributed by atoms with Gasteiger partial charge in [-0.05, 0) is 37.1 Å². The molecule has 1 aromatic carbocycles. The van der Waals surface area contributed by atoms with Gasteiger partial charge < -0.3 is 4.74 Å². The summed E-state index contributed by atoms with van der Waals surface area (Å²) in [6.07, 6.45) is -1.83. The van der Waals surface area contributed by atoms with Crippen LogP contribution in [0, 0.1) is 0 Å². The molecule has 2 aromatic rings. The van der Waals surface area contributed by atoms with Crippen molar-refractivity contribution in [2.24, 2.45) is 0 Å². The lowest BCUT2D eigenvalue weighted by Crippen LogP contribution is -2.51. The van der Waals surface area contributed by atoms with Crippen LogP contribution in [0.25, 0.3) is 0 Å². The Balaban J connectivity index is 1.24. The Morgan fingerprint density at radius 1 is 1.03 bits per heavy atom. The molecule has 3 heterocycles. The Kier molecular flexibility index (Phi) is 5.37. The predicted octanol–water partition coefficient (Wildman–Crippen LogP) is 2.90. The van der Waals surface area contributed by atoms with Crippen LogP contribution in [0.4, 0.5) is 13.2 Å².